The second-order valence-corrected chi connectivity index (χ2v) is 7.90. The van der Waals surface area contributed by atoms with Gasteiger partial charge in [-0.05, 0) is 18.2 Å². The molecule has 3 heterocycles. The van der Waals surface area contributed by atoms with Gasteiger partial charge in [0.2, 0.25) is 5.95 Å². The number of nitrogens with zero attached hydrogens (tertiary/aromatic N) is 6. The molecule has 0 saturated carbocycles. The maximum absolute atomic E-state index is 11.8. The second-order valence-electron chi connectivity index (χ2n) is 5.92. The molecule has 0 bridgehead atoms. The average molecular weight is 503 g/mol. The number of sulfone groups is 1. The number of nitrogens with two attached hydrogens (primary N) is 1. The van der Waals surface area contributed by atoms with E-state index < -0.39 is 9.84 Å². The summed E-state index contributed by atoms with van der Waals surface area (Å²) in [7, 11) is -3.35. The minimum absolute atomic E-state index is 0. The van der Waals surface area contributed by atoms with E-state index in [1.54, 1.807) is 30.7 Å². The summed E-state index contributed by atoms with van der Waals surface area (Å²) in [6.45, 7) is 2.97. The first-order chi connectivity index (χ1) is 12.4. The number of pyridine rings is 1. The number of hydrogen-bond acceptors (Lipinski definition) is 7. The van der Waals surface area contributed by atoms with Crippen molar-refractivity contribution in [3.63, 3.8) is 0 Å². The Hall–Kier alpha value is -2.02. The maximum atomic E-state index is 11.8. The van der Waals surface area contributed by atoms with Crippen molar-refractivity contribution in [2.24, 2.45) is 10.7 Å². The van der Waals surface area contributed by atoms with Crippen LogP contribution in [0.4, 0.5) is 5.95 Å². The van der Waals surface area contributed by atoms with Gasteiger partial charge >= 0.3 is 0 Å². The van der Waals surface area contributed by atoms with Crippen LogP contribution in [-0.4, -0.2) is 66.7 Å². The van der Waals surface area contributed by atoms with Crippen LogP contribution in [-0.2, 0) is 16.4 Å². The summed E-state index contributed by atoms with van der Waals surface area (Å²) in [5, 5.41) is 0. The minimum Gasteiger partial charge on any atom is -0.370 e. The van der Waals surface area contributed by atoms with Gasteiger partial charge in [-0.3, -0.25) is 4.98 Å². The fraction of sp³-hybridized carbons (Fsp3) is 0.375. The molecule has 0 aliphatic carbocycles. The first-order valence-electron chi connectivity index (χ1n) is 8.16. The van der Waals surface area contributed by atoms with Crippen molar-refractivity contribution < 1.29 is 8.42 Å². The highest BCUT2D eigenvalue weighted by Crippen LogP contribution is 2.14. The molecule has 1 aliphatic rings. The Kier molecular flexibility index (Phi) is 7.30. The normalized spacial score (nSPS) is 15.4. The number of aromatic nitrogens is 3. The molecule has 0 spiro atoms. The van der Waals surface area contributed by atoms with Crippen LogP contribution in [0.2, 0.25) is 0 Å². The van der Waals surface area contributed by atoms with Gasteiger partial charge in [-0.2, -0.15) is 0 Å². The van der Waals surface area contributed by atoms with Crippen molar-refractivity contribution in [1.82, 2.24) is 19.9 Å². The van der Waals surface area contributed by atoms with Crippen LogP contribution in [0.15, 0.2) is 46.7 Å². The van der Waals surface area contributed by atoms with Crippen LogP contribution in [0.25, 0.3) is 0 Å². The Labute approximate surface area is 175 Å². The summed E-state index contributed by atoms with van der Waals surface area (Å²) in [5.41, 5.74) is 6.49. The van der Waals surface area contributed by atoms with E-state index in [9.17, 15) is 8.42 Å². The summed E-state index contributed by atoms with van der Waals surface area (Å²) < 4.78 is 23.6. The van der Waals surface area contributed by atoms with Crippen molar-refractivity contribution in [1.29, 1.82) is 0 Å². The zero-order chi connectivity index (χ0) is 18.6. The molecular formula is C16H22IN7O2S. The summed E-state index contributed by atoms with van der Waals surface area (Å²) >= 11 is 0. The highest BCUT2D eigenvalue weighted by Gasteiger charge is 2.20. The Balaban J connectivity index is 0.00000261. The van der Waals surface area contributed by atoms with E-state index in [1.807, 2.05) is 4.90 Å². The van der Waals surface area contributed by atoms with Crippen LogP contribution in [0.5, 0.6) is 0 Å². The van der Waals surface area contributed by atoms with Crippen molar-refractivity contribution in [2.45, 2.75) is 11.4 Å². The van der Waals surface area contributed by atoms with Crippen LogP contribution in [0.3, 0.4) is 0 Å². The summed E-state index contributed by atoms with van der Waals surface area (Å²) in [6, 6.07) is 4.91. The Morgan fingerprint density at radius 3 is 2.37 bits per heavy atom. The molecule has 2 aromatic heterocycles. The number of halogens is 1. The molecule has 0 aromatic carbocycles. The largest absolute Gasteiger partial charge is 0.370 e. The van der Waals surface area contributed by atoms with Crippen molar-refractivity contribution in [3.05, 3.63) is 42.5 Å². The molecule has 0 unspecified atom stereocenters. The highest BCUT2D eigenvalue weighted by molar-refractivity contribution is 14.0. The number of anilines is 1. The summed E-state index contributed by atoms with van der Waals surface area (Å²) in [4.78, 5) is 21.2. The van der Waals surface area contributed by atoms with Crippen molar-refractivity contribution >= 4 is 45.7 Å². The monoisotopic (exact) mass is 503 g/mol. The van der Waals surface area contributed by atoms with Gasteiger partial charge in [0, 0.05) is 51.0 Å². The molecule has 146 valence electrons. The third-order valence-electron chi connectivity index (χ3n) is 4.08. The van der Waals surface area contributed by atoms with Gasteiger partial charge in [-0.25, -0.2) is 23.4 Å². The fourth-order valence-corrected chi connectivity index (χ4v) is 3.60. The summed E-state index contributed by atoms with van der Waals surface area (Å²) in [6.07, 6.45) is 6.15. The fourth-order valence-electron chi connectivity index (χ4n) is 2.73. The summed E-state index contributed by atoms with van der Waals surface area (Å²) in [5.74, 6) is 1.08. The van der Waals surface area contributed by atoms with Gasteiger partial charge in [0.05, 0.1) is 17.1 Å². The maximum Gasteiger partial charge on any atom is 0.225 e. The molecule has 1 fully saturated rings. The van der Waals surface area contributed by atoms with Crippen LogP contribution in [0, 0.1) is 0 Å². The molecular weight excluding hydrogens is 481 g/mol. The minimum atomic E-state index is -3.35. The first-order valence-corrected chi connectivity index (χ1v) is 10.0. The molecule has 2 aromatic rings. The molecule has 1 aliphatic heterocycles. The van der Waals surface area contributed by atoms with E-state index in [0.29, 0.717) is 30.7 Å². The van der Waals surface area contributed by atoms with E-state index in [4.69, 9.17) is 5.73 Å². The molecule has 2 N–H and O–H groups in total. The lowest BCUT2D eigenvalue weighted by atomic mass is 10.3. The van der Waals surface area contributed by atoms with Crippen molar-refractivity contribution in [3.8, 4) is 0 Å². The topological polar surface area (TPSA) is 118 Å². The zero-order valence-electron chi connectivity index (χ0n) is 14.9. The molecule has 27 heavy (non-hydrogen) atoms. The zero-order valence-corrected chi connectivity index (χ0v) is 18.0. The number of hydrogen-bond donors (Lipinski definition) is 1. The third kappa shape index (κ3) is 5.48. The van der Waals surface area contributed by atoms with Gasteiger partial charge < -0.3 is 15.5 Å². The van der Waals surface area contributed by atoms with Crippen LogP contribution >= 0.6 is 24.0 Å². The molecule has 1 saturated heterocycles. The van der Waals surface area contributed by atoms with Gasteiger partial charge in [0.15, 0.2) is 15.8 Å². The predicted octanol–water partition coefficient (Wildman–Crippen LogP) is 0.530. The van der Waals surface area contributed by atoms with E-state index in [-0.39, 0.29) is 35.4 Å². The highest BCUT2D eigenvalue weighted by atomic mass is 127. The lowest BCUT2D eigenvalue weighted by Crippen LogP contribution is -2.51. The molecule has 0 radical (unpaired) electrons. The quantitative estimate of drug-likeness (QED) is 0.365. The molecule has 9 nitrogen and oxygen atoms in total. The van der Waals surface area contributed by atoms with Crippen LogP contribution in [0.1, 0.15) is 5.69 Å². The molecule has 0 amide bonds. The Morgan fingerprint density at radius 2 is 1.74 bits per heavy atom. The van der Waals surface area contributed by atoms with Gasteiger partial charge in [0.1, 0.15) is 0 Å². The average Bonchev–Trinajstić information content (AvgIpc) is 2.66. The third-order valence-corrected chi connectivity index (χ3v) is 5.25. The van der Waals surface area contributed by atoms with E-state index >= 15 is 0 Å². The second kappa shape index (κ2) is 9.26. The number of piperazine rings is 1. The number of aliphatic imine (C=N–C) groups is 1. The lowest BCUT2D eigenvalue weighted by molar-refractivity contribution is 0.378. The molecule has 3 rings (SSSR count). The van der Waals surface area contributed by atoms with Gasteiger partial charge in [0.25, 0.3) is 0 Å². The van der Waals surface area contributed by atoms with Crippen LogP contribution < -0.4 is 10.6 Å². The molecule has 0 atom stereocenters. The van der Waals surface area contributed by atoms with E-state index in [0.717, 1.165) is 19.3 Å². The first kappa shape index (κ1) is 21.3. The number of rotatable bonds is 4. The lowest BCUT2D eigenvalue weighted by Gasteiger charge is -2.35. The van der Waals surface area contributed by atoms with Gasteiger partial charge in [-0.1, -0.05) is 0 Å². The Morgan fingerprint density at radius 1 is 1.11 bits per heavy atom. The SMILES string of the molecule is CS(=O)(=O)c1cccnc1CN=C(N)N1CCN(c2ncccn2)CC1.I. The molecule has 11 heteroatoms. The smallest absolute Gasteiger partial charge is 0.225 e. The standard InChI is InChI=1S/C16H21N7O2S.HI/c1-26(24,25)14-4-2-5-18-13(14)12-21-15(17)22-8-10-23(11-9-22)16-19-6-3-7-20-16;/h2-7H,8-12H2,1H3,(H2,17,21);1H. The van der Waals surface area contributed by atoms with Crippen molar-refractivity contribution in [2.75, 3.05) is 37.3 Å². The van der Waals surface area contributed by atoms with E-state index in [1.165, 1.54) is 6.07 Å². The van der Waals surface area contributed by atoms with Gasteiger partial charge in [-0.15, -0.1) is 24.0 Å². The predicted molar refractivity (Wildman–Crippen MR) is 114 cm³/mol. The van der Waals surface area contributed by atoms with E-state index in [2.05, 4.69) is 24.8 Å². The Bertz CT molecular complexity index is 885. The number of guanidine groups is 1.